The number of benzene rings is 1. The monoisotopic (exact) mass is 262 g/mol. The minimum absolute atomic E-state index is 0.0200. The number of hydrogen-bond acceptors (Lipinski definition) is 4. The highest BCUT2D eigenvalue weighted by Crippen LogP contribution is 2.26. The summed E-state index contributed by atoms with van der Waals surface area (Å²) < 4.78 is 5.44. The molecule has 3 rings (SSSR count). The Morgan fingerprint density at radius 1 is 1.42 bits per heavy atom. The molecule has 2 heterocycles. The van der Waals surface area contributed by atoms with Crippen LogP contribution in [0.25, 0.3) is 0 Å². The zero-order chi connectivity index (χ0) is 13.2. The third kappa shape index (κ3) is 2.51. The Bertz CT molecular complexity index is 472. The van der Waals surface area contributed by atoms with E-state index in [1.165, 1.54) is 0 Å². The van der Waals surface area contributed by atoms with Crippen LogP contribution in [-0.2, 0) is 11.3 Å². The van der Waals surface area contributed by atoms with Crippen molar-refractivity contribution >= 4 is 6.09 Å². The number of carbonyl (C=O) groups excluding carboxylic acids is 1. The third-order valence-electron chi connectivity index (χ3n) is 3.89. The van der Waals surface area contributed by atoms with Gasteiger partial charge >= 0.3 is 6.09 Å². The lowest BCUT2D eigenvalue weighted by Crippen LogP contribution is -2.28. The summed E-state index contributed by atoms with van der Waals surface area (Å²) in [5.74, 6) is 0.639. The maximum atomic E-state index is 11.9. The van der Waals surface area contributed by atoms with E-state index in [1.807, 2.05) is 12.1 Å². The van der Waals surface area contributed by atoms with E-state index in [4.69, 9.17) is 4.74 Å². The van der Waals surface area contributed by atoms with E-state index in [-0.39, 0.29) is 17.9 Å². The lowest BCUT2D eigenvalue weighted by molar-refractivity contribution is 0.107. The lowest BCUT2D eigenvalue weighted by atomic mass is 10.0. The van der Waals surface area contributed by atoms with E-state index in [0.717, 1.165) is 25.1 Å². The number of carbonyl (C=O) groups is 1. The number of hydrogen-bond donors (Lipinski definition) is 2. The highest BCUT2D eigenvalue weighted by Gasteiger charge is 2.37. The molecule has 0 bridgehead atoms. The van der Waals surface area contributed by atoms with Crippen molar-refractivity contribution in [2.45, 2.75) is 19.1 Å². The molecule has 2 unspecified atom stereocenters. The number of phenolic OH excluding ortho intramolecular Hbond substituents is 1. The molecule has 2 aliphatic rings. The Kier molecular flexibility index (Phi) is 3.29. The second kappa shape index (κ2) is 5.09. The van der Waals surface area contributed by atoms with E-state index in [9.17, 15) is 9.90 Å². The first-order valence-corrected chi connectivity index (χ1v) is 6.67. The second-order valence-corrected chi connectivity index (χ2v) is 5.18. The molecule has 2 atom stereocenters. The van der Waals surface area contributed by atoms with Crippen LogP contribution in [0, 0.1) is 5.92 Å². The van der Waals surface area contributed by atoms with E-state index < -0.39 is 0 Å². The number of phenols is 1. The van der Waals surface area contributed by atoms with Crippen molar-refractivity contribution in [3.8, 4) is 5.75 Å². The molecule has 2 N–H and O–H groups in total. The summed E-state index contributed by atoms with van der Waals surface area (Å²) in [6.45, 7) is 2.93. The number of nitrogens with one attached hydrogen (secondary N) is 1. The first-order valence-electron chi connectivity index (χ1n) is 6.67. The number of aromatic hydroxyl groups is 1. The lowest BCUT2D eigenvalue weighted by Gasteiger charge is -2.16. The molecule has 1 amide bonds. The standard InChI is InChI=1S/C14H18N2O3/c17-12-4-2-1-3-11(12)8-16-9-13(19-14(16)18)10-5-6-15-7-10/h1-4,10,13,15,17H,5-9H2. The molecule has 0 aliphatic carbocycles. The summed E-state index contributed by atoms with van der Waals surface area (Å²) in [4.78, 5) is 13.5. The first kappa shape index (κ1) is 12.3. The van der Waals surface area contributed by atoms with Crippen LogP contribution in [0.15, 0.2) is 24.3 Å². The number of cyclic esters (lactones) is 1. The number of nitrogens with zero attached hydrogens (tertiary/aromatic N) is 1. The van der Waals surface area contributed by atoms with Crippen molar-refractivity contribution in [1.29, 1.82) is 0 Å². The summed E-state index contributed by atoms with van der Waals surface area (Å²) >= 11 is 0. The molecule has 5 heteroatoms. The predicted molar refractivity (Wildman–Crippen MR) is 69.8 cm³/mol. The zero-order valence-electron chi connectivity index (χ0n) is 10.7. The second-order valence-electron chi connectivity index (χ2n) is 5.18. The van der Waals surface area contributed by atoms with Gasteiger partial charge in [-0.15, -0.1) is 0 Å². The molecule has 2 aliphatic heterocycles. The normalized spacial score (nSPS) is 26.7. The largest absolute Gasteiger partial charge is 0.508 e. The molecule has 0 saturated carbocycles. The minimum Gasteiger partial charge on any atom is -0.508 e. The summed E-state index contributed by atoms with van der Waals surface area (Å²) in [5, 5.41) is 13.0. The molecule has 2 saturated heterocycles. The van der Waals surface area contributed by atoms with Crippen LogP contribution in [0.1, 0.15) is 12.0 Å². The zero-order valence-corrected chi connectivity index (χ0v) is 10.7. The van der Waals surface area contributed by atoms with Gasteiger partial charge in [-0.05, 0) is 19.0 Å². The summed E-state index contributed by atoms with van der Waals surface area (Å²) in [5.41, 5.74) is 0.754. The first-order chi connectivity index (χ1) is 9.24. The molecule has 1 aromatic rings. The smallest absolute Gasteiger partial charge is 0.410 e. The fraction of sp³-hybridized carbons (Fsp3) is 0.500. The third-order valence-corrected chi connectivity index (χ3v) is 3.89. The van der Waals surface area contributed by atoms with Crippen LogP contribution >= 0.6 is 0 Å². The SMILES string of the molecule is O=C1OC(C2CCNC2)CN1Cc1ccccc1O. The Morgan fingerprint density at radius 3 is 3.00 bits per heavy atom. The molecule has 19 heavy (non-hydrogen) atoms. The summed E-state index contributed by atoms with van der Waals surface area (Å²) in [7, 11) is 0. The fourth-order valence-corrected chi connectivity index (χ4v) is 2.75. The maximum absolute atomic E-state index is 11.9. The van der Waals surface area contributed by atoms with E-state index in [1.54, 1.807) is 17.0 Å². The van der Waals surface area contributed by atoms with E-state index in [0.29, 0.717) is 19.0 Å². The van der Waals surface area contributed by atoms with Crippen LogP contribution in [0.4, 0.5) is 4.79 Å². The van der Waals surface area contributed by atoms with Gasteiger partial charge in [-0.25, -0.2) is 4.79 Å². The summed E-state index contributed by atoms with van der Waals surface area (Å²) in [6, 6.07) is 7.09. The maximum Gasteiger partial charge on any atom is 0.410 e. The van der Waals surface area contributed by atoms with Gasteiger partial charge in [0.25, 0.3) is 0 Å². The van der Waals surface area contributed by atoms with Crippen LogP contribution in [0.3, 0.4) is 0 Å². The number of amides is 1. The van der Waals surface area contributed by atoms with Gasteiger partial charge < -0.3 is 20.1 Å². The topological polar surface area (TPSA) is 61.8 Å². The average molecular weight is 262 g/mol. The molecule has 102 valence electrons. The van der Waals surface area contributed by atoms with E-state index in [2.05, 4.69) is 5.32 Å². The van der Waals surface area contributed by atoms with Crippen LogP contribution < -0.4 is 5.32 Å². The Morgan fingerprint density at radius 2 is 2.26 bits per heavy atom. The van der Waals surface area contributed by atoms with Gasteiger partial charge in [0.05, 0.1) is 13.1 Å². The van der Waals surface area contributed by atoms with Gasteiger partial charge in [-0.1, -0.05) is 18.2 Å². The van der Waals surface area contributed by atoms with Gasteiger partial charge in [0.1, 0.15) is 11.9 Å². The van der Waals surface area contributed by atoms with Crippen molar-refractivity contribution in [2.24, 2.45) is 5.92 Å². The van der Waals surface area contributed by atoms with Crippen molar-refractivity contribution in [3.63, 3.8) is 0 Å². The van der Waals surface area contributed by atoms with E-state index >= 15 is 0 Å². The van der Waals surface area contributed by atoms with Gasteiger partial charge in [-0.3, -0.25) is 0 Å². The summed E-state index contributed by atoms with van der Waals surface area (Å²) in [6.07, 6.45) is 0.760. The number of para-hydroxylation sites is 1. The van der Waals surface area contributed by atoms with Gasteiger partial charge in [-0.2, -0.15) is 0 Å². The highest BCUT2D eigenvalue weighted by molar-refractivity contribution is 5.70. The van der Waals surface area contributed by atoms with Crippen molar-refractivity contribution in [2.75, 3.05) is 19.6 Å². The number of rotatable bonds is 3. The molecule has 0 radical (unpaired) electrons. The Hall–Kier alpha value is -1.75. The molecule has 1 aromatic carbocycles. The minimum atomic E-state index is -0.278. The average Bonchev–Trinajstić information content (AvgIpc) is 3.02. The van der Waals surface area contributed by atoms with Crippen LogP contribution in [0.5, 0.6) is 5.75 Å². The molecule has 0 spiro atoms. The van der Waals surface area contributed by atoms with Crippen LogP contribution in [0.2, 0.25) is 0 Å². The molecular weight excluding hydrogens is 244 g/mol. The van der Waals surface area contributed by atoms with Gasteiger partial charge in [0.2, 0.25) is 0 Å². The van der Waals surface area contributed by atoms with Gasteiger partial charge in [0.15, 0.2) is 0 Å². The fourth-order valence-electron chi connectivity index (χ4n) is 2.75. The highest BCUT2D eigenvalue weighted by atomic mass is 16.6. The van der Waals surface area contributed by atoms with Crippen molar-refractivity contribution in [1.82, 2.24) is 10.2 Å². The van der Waals surface area contributed by atoms with Gasteiger partial charge in [0, 0.05) is 18.0 Å². The Labute approximate surface area is 112 Å². The number of ether oxygens (including phenoxy) is 1. The Balaban J connectivity index is 1.66. The molecular formula is C14H18N2O3. The van der Waals surface area contributed by atoms with Crippen molar-refractivity contribution in [3.05, 3.63) is 29.8 Å². The quantitative estimate of drug-likeness (QED) is 0.862. The molecule has 0 aromatic heterocycles. The predicted octanol–water partition coefficient (Wildman–Crippen LogP) is 1.32. The molecule has 2 fully saturated rings. The molecule has 5 nitrogen and oxygen atoms in total. The van der Waals surface area contributed by atoms with Crippen LogP contribution in [-0.4, -0.2) is 41.8 Å². The van der Waals surface area contributed by atoms with Crippen molar-refractivity contribution < 1.29 is 14.6 Å².